The molecule has 194 valence electrons. The number of thioether (sulfide) groups is 2. The Morgan fingerprint density at radius 2 is 1.32 bits per heavy atom. The largest absolute Gasteiger partial charge is 0.480 e. The van der Waals surface area contributed by atoms with Gasteiger partial charge in [0.15, 0.2) is 0 Å². The summed E-state index contributed by atoms with van der Waals surface area (Å²) in [7, 11) is 0. The summed E-state index contributed by atoms with van der Waals surface area (Å²) in [5, 5.41) is 8.13. The monoisotopic (exact) mass is 540 g/mol. The van der Waals surface area contributed by atoms with E-state index in [1.165, 1.54) is 9.80 Å². The van der Waals surface area contributed by atoms with Gasteiger partial charge in [-0.05, 0) is 25.7 Å². The highest BCUT2D eigenvalue weighted by atomic mass is 32.2. The highest BCUT2D eigenvalue weighted by Crippen LogP contribution is 2.30. The molecule has 8 nitrogen and oxygen atoms in total. The van der Waals surface area contributed by atoms with Crippen LogP contribution in [-0.4, -0.2) is 79.1 Å². The van der Waals surface area contributed by atoms with Crippen molar-refractivity contribution in [2.24, 2.45) is 0 Å². The molecule has 10 heteroatoms. The summed E-state index contributed by atoms with van der Waals surface area (Å²) in [6, 6.07) is 15.7. The van der Waals surface area contributed by atoms with Crippen molar-refractivity contribution in [3.63, 3.8) is 0 Å². The molecular weight excluding hydrogens is 512 g/mol. The Labute approximate surface area is 223 Å². The molecule has 2 amide bonds. The van der Waals surface area contributed by atoms with E-state index in [2.05, 4.69) is 0 Å². The van der Waals surface area contributed by atoms with Crippen LogP contribution in [0.25, 0.3) is 0 Å². The molecule has 2 aliphatic rings. The fourth-order valence-electron chi connectivity index (χ4n) is 4.69. The molecule has 0 saturated carbocycles. The Balaban J connectivity index is 1.51. The summed E-state index contributed by atoms with van der Waals surface area (Å²) in [6.45, 7) is 0.690. The van der Waals surface area contributed by atoms with Crippen LogP contribution in [-0.2, 0) is 14.4 Å². The normalized spacial score (nSPS) is 20.0. The lowest BCUT2D eigenvalue weighted by molar-refractivity contribution is -0.151. The Morgan fingerprint density at radius 3 is 1.92 bits per heavy atom. The number of amides is 2. The number of aliphatic carboxylic acids is 1. The van der Waals surface area contributed by atoms with Crippen molar-refractivity contribution in [2.75, 3.05) is 18.8 Å². The third-order valence-electron chi connectivity index (χ3n) is 6.55. The molecule has 0 bridgehead atoms. The second-order valence-electron chi connectivity index (χ2n) is 8.94. The first-order valence-corrected chi connectivity index (χ1v) is 14.1. The van der Waals surface area contributed by atoms with Gasteiger partial charge in [-0.2, -0.15) is 0 Å². The Bertz CT molecular complexity index is 1160. The smallest absolute Gasteiger partial charge is 0.326 e. The van der Waals surface area contributed by atoms with Gasteiger partial charge in [0.2, 0.25) is 22.0 Å². The molecule has 0 aliphatic carbocycles. The molecule has 3 unspecified atom stereocenters. The number of hydrogen-bond acceptors (Lipinski definition) is 7. The molecule has 2 aromatic carbocycles. The molecular formula is C27H28N2O6S2. The molecule has 4 rings (SSSR count). The molecule has 2 saturated heterocycles. The summed E-state index contributed by atoms with van der Waals surface area (Å²) in [5.74, 6) is -1.72. The summed E-state index contributed by atoms with van der Waals surface area (Å²) in [6.07, 6.45) is 2.04. The Hall–Kier alpha value is -3.11. The lowest BCUT2D eigenvalue weighted by atomic mass is 10.1. The van der Waals surface area contributed by atoms with E-state index in [1.54, 1.807) is 54.6 Å². The van der Waals surface area contributed by atoms with Crippen LogP contribution < -0.4 is 0 Å². The minimum Gasteiger partial charge on any atom is -0.480 e. The van der Waals surface area contributed by atoms with Gasteiger partial charge >= 0.3 is 5.97 Å². The first kappa shape index (κ1) is 26.9. The fraction of sp³-hybridized carbons (Fsp3) is 0.370. The zero-order valence-electron chi connectivity index (χ0n) is 20.2. The lowest BCUT2D eigenvalue weighted by Gasteiger charge is -2.31. The number of carboxylic acids is 1. The molecule has 0 radical (unpaired) electrons. The number of hydrogen-bond donors (Lipinski definition) is 1. The van der Waals surface area contributed by atoms with Crippen LogP contribution in [0, 0.1) is 0 Å². The van der Waals surface area contributed by atoms with Crippen molar-refractivity contribution in [1.29, 1.82) is 0 Å². The summed E-state index contributed by atoms with van der Waals surface area (Å²) < 4.78 is 0. The molecule has 1 N–H and O–H groups in total. The molecule has 2 heterocycles. The topological polar surface area (TPSA) is 112 Å². The van der Waals surface area contributed by atoms with Crippen LogP contribution in [0.15, 0.2) is 60.7 Å². The van der Waals surface area contributed by atoms with Crippen LogP contribution in [0.5, 0.6) is 0 Å². The maximum absolute atomic E-state index is 13.7. The van der Waals surface area contributed by atoms with Gasteiger partial charge in [-0.3, -0.25) is 19.2 Å². The predicted molar refractivity (Wildman–Crippen MR) is 142 cm³/mol. The second-order valence-corrected chi connectivity index (χ2v) is 11.1. The third-order valence-corrected chi connectivity index (χ3v) is 8.86. The van der Waals surface area contributed by atoms with Crippen LogP contribution in [0.1, 0.15) is 46.4 Å². The Morgan fingerprint density at radius 1 is 0.784 bits per heavy atom. The molecule has 0 spiro atoms. The van der Waals surface area contributed by atoms with Gasteiger partial charge in [0.25, 0.3) is 0 Å². The predicted octanol–water partition coefficient (Wildman–Crippen LogP) is 3.57. The van der Waals surface area contributed by atoms with Crippen molar-refractivity contribution in [2.45, 2.75) is 43.0 Å². The van der Waals surface area contributed by atoms with Crippen molar-refractivity contribution in [1.82, 2.24) is 9.80 Å². The van der Waals surface area contributed by atoms with Gasteiger partial charge < -0.3 is 14.9 Å². The van der Waals surface area contributed by atoms with Crippen LogP contribution >= 0.6 is 23.5 Å². The minimum absolute atomic E-state index is 0.0642. The van der Waals surface area contributed by atoms with Gasteiger partial charge in [0.05, 0.1) is 0 Å². The fourth-order valence-corrected chi connectivity index (χ4v) is 6.68. The number of nitrogens with zero attached hydrogens (tertiary/aromatic N) is 2. The molecule has 3 atom stereocenters. The highest BCUT2D eigenvalue weighted by molar-refractivity contribution is 8.18. The average molecular weight is 541 g/mol. The van der Waals surface area contributed by atoms with Gasteiger partial charge in [0.1, 0.15) is 17.3 Å². The van der Waals surface area contributed by atoms with E-state index in [0.29, 0.717) is 49.9 Å². The number of rotatable bonds is 8. The van der Waals surface area contributed by atoms with Crippen LogP contribution in [0.3, 0.4) is 0 Å². The van der Waals surface area contributed by atoms with Gasteiger partial charge in [0, 0.05) is 30.0 Å². The van der Waals surface area contributed by atoms with Crippen molar-refractivity contribution >= 4 is 51.5 Å². The van der Waals surface area contributed by atoms with Crippen LogP contribution in [0.2, 0.25) is 0 Å². The first-order valence-electron chi connectivity index (χ1n) is 12.2. The highest BCUT2D eigenvalue weighted by Gasteiger charge is 2.43. The van der Waals surface area contributed by atoms with Gasteiger partial charge in [-0.15, -0.1) is 0 Å². The van der Waals surface area contributed by atoms with E-state index >= 15 is 0 Å². The van der Waals surface area contributed by atoms with Gasteiger partial charge in [-0.1, -0.05) is 84.2 Å². The van der Waals surface area contributed by atoms with E-state index < -0.39 is 23.3 Å². The zero-order valence-corrected chi connectivity index (χ0v) is 21.8. The van der Waals surface area contributed by atoms with Gasteiger partial charge in [-0.25, -0.2) is 4.79 Å². The standard InChI is InChI=1S/C27H28N2O6S2/c30-23(29-16-8-14-21(29)25(32)33)20-13-7-15-28(20)24(31)22(37-27(35)19-11-5-2-6-12-19)17-36-26(34)18-9-3-1-4-10-18/h1-6,9-12,20-22H,7-8,13-17H2,(H,32,33). The summed E-state index contributed by atoms with van der Waals surface area (Å²) >= 11 is 1.83. The first-order chi connectivity index (χ1) is 17.9. The van der Waals surface area contributed by atoms with E-state index in [4.69, 9.17) is 0 Å². The zero-order chi connectivity index (χ0) is 26.4. The second kappa shape index (κ2) is 12.4. The molecule has 0 aromatic heterocycles. The van der Waals surface area contributed by atoms with Crippen molar-refractivity contribution in [3.8, 4) is 0 Å². The molecule has 2 aromatic rings. The third kappa shape index (κ3) is 6.42. The summed E-state index contributed by atoms with van der Waals surface area (Å²) in [4.78, 5) is 67.3. The Kier molecular flexibility index (Phi) is 9.04. The van der Waals surface area contributed by atoms with Crippen molar-refractivity contribution < 1.29 is 29.1 Å². The quantitative estimate of drug-likeness (QED) is 0.541. The van der Waals surface area contributed by atoms with E-state index in [-0.39, 0.29) is 27.8 Å². The van der Waals surface area contributed by atoms with Crippen LogP contribution in [0.4, 0.5) is 0 Å². The van der Waals surface area contributed by atoms with E-state index in [1.807, 2.05) is 6.07 Å². The van der Waals surface area contributed by atoms with E-state index in [9.17, 15) is 29.1 Å². The minimum atomic E-state index is -1.04. The number of carboxylic acid groups (broad SMARTS) is 1. The van der Waals surface area contributed by atoms with E-state index in [0.717, 1.165) is 23.5 Å². The molecule has 2 aliphatic heterocycles. The number of carbonyl (C=O) groups excluding carboxylic acids is 4. The maximum Gasteiger partial charge on any atom is 0.326 e. The number of carbonyl (C=O) groups is 5. The maximum atomic E-state index is 13.7. The SMILES string of the molecule is O=C(SCC(SC(=O)c1ccccc1)C(=O)N1CCCC1C(=O)N1CCCC1C(=O)O)c1ccccc1. The average Bonchev–Trinajstić information content (AvgIpc) is 3.61. The lowest BCUT2D eigenvalue weighted by Crippen LogP contribution is -2.52. The van der Waals surface area contributed by atoms with Crippen molar-refractivity contribution in [3.05, 3.63) is 71.8 Å². The number of benzene rings is 2. The summed E-state index contributed by atoms with van der Waals surface area (Å²) in [5.41, 5.74) is 0.946. The molecule has 2 fully saturated rings. The number of likely N-dealkylation sites (tertiary alicyclic amines) is 2. The molecule has 37 heavy (non-hydrogen) atoms.